The number of nitrogens with zero attached hydrogens (tertiary/aromatic N) is 2. The minimum absolute atomic E-state index is 0.247. The number of anilines is 1. The Labute approximate surface area is 101 Å². The van der Waals surface area contributed by atoms with Gasteiger partial charge in [-0.15, -0.1) is 0 Å². The average Bonchev–Trinajstić information content (AvgIpc) is 2.76. The number of hydrogen-bond donors (Lipinski definition) is 1. The molecule has 0 saturated carbocycles. The molecular weight excluding hydrogens is 214 g/mol. The second-order valence-electron chi connectivity index (χ2n) is 4.59. The van der Waals surface area contributed by atoms with Crippen LogP contribution in [0.4, 0.5) is 5.95 Å². The van der Waals surface area contributed by atoms with Gasteiger partial charge < -0.3 is 14.6 Å². The first-order valence-corrected chi connectivity index (χ1v) is 6.09. The second kappa shape index (κ2) is 4.04. The SMILES string of the molecule is CC1OCCN(c2nc3ccccc3[nH]2)C1C. The van der Waals surface area contributed by atoms with Crippen molar-refractivity contribution in [1.29, 1.82) is 0 Å². The van der Waals surface area contributed by atoms with Crippen LogP contribution < -0.4 is 4.90 Å². The van der Waals surface area contributed by atoms with E-state index >= 15 is 0 Å². The molecule has 1 aliphatic rings. The fourth-order valence-corrected chi connectivity index (χ4v) is 2.31. The molecule has 4 nitrogen and oxygen atoms in total. The third kappa shape index (κ3) is 1.78. The number of rotatable bonds is 1. The summed E-state index contributed by atoms with van der Waals surface area (Å²) in [4.78, 5) is 10.3. The van der Waals surface area contributed by atoms with E-state index in [0.717, 1.165) is 30.1 Å². The molecule has 4 heteroatoms. The van der Waals surface area contributed by atoms with Gasteiger partial charge in [0.15, 0.2) is 0 Å². The lowest BCUT2D eigenvalue weighted by Gasteiger charge is -2.37. The summed E-state index contributed by atoms with van der Waals surface area (Å²) in [5.41, 5.74) is 2.11. The summed E-state index contributed by atoms with van der Waals surface area (Å²) in [6.45, 7) is 5.95. The van der Waals surface area contributed by atoms with E-state index in [1.54, 1.807) is 0 Å². The molecule has 2 aromatic rings. The zero-order chi connectivity index (χ0) is 11.8. The first kappa shape index (κ1) is 10.6. The molecule has 1 aromatic heterocycles. The molecule has 1 N–H and O–H groups in total. The van der Waals surface area contributed by atoms with E-state index in [1.807, 2.05) is 18.2 Å². The zero-order valence-corrected chi connectivity index (χ0v) is 10.2. The number of H-pyrrole nitrogens is 1. The van der Waals surface area contributed by atoms with Crippen LogP contribution in [0.15, 0.2) is 24.3 Å². The van der Waals surface area contributed by atoms with Crippen LogP contribution >= 0.6 is 0 Å². The molecule has 0 spiro atoms. The predicted octanol–water partition coefficient (Wildman–Crippen LogP) is 2.18. The Bertz CT molecular complexity index is 489. The van der Waals surface area contributed by atoms with Crippen molar-refractivity contribution in [3.8, 4) is 0 Å². The largest absolute Gasteiger partial charge is 0.375 e. The molecule has 2 unspecified atom stereocenters. The molecule has 0 aliphatic carbocycles. The van der Waals surface area contributed by atoms with Gasteiger partial charge in [-0.25, -0.2) is 4.98 Å². The van der Waals surface area contributed by atoms with Crippen LogP contribution in [0.1, 0.15) is 13.8 Å². The van der Waals surface area contributed by atoms with Crippen molar-refractivity contribution >= 4 is 17.0 Å². The van der Waals surface area contributed by atoms with Gasteiger partial charge in [0.25, 0.3) is 0 Å². The molecule has 1 aliphatic heterocycles. The highest BCUT2D eigenvalue weighted by molar-refractivity contribution is 5.77. The van der Waals surface area contributed by atoms with Crippen LogP contribution in [0.25, 0.3) is 11.0 Å². The summed E-state index contributed by atoms with van der Waals surface area (Å²) >= 11 is 0. The third-order valence-corrected chi connectivity index (χ3v) is 3.53. The number of hydrogen-bond acceptors (Lipinski definition) is 3. The molecule has 1 saturated heterocycles. The zero-order valence-electron chi connectivity index (χ0n) is 10.2. The lowest BCUT2D eigenvalue weighted by molar-refractivity contribution is 0.0278. The summed E-state index contributed by atoms with van der Waals surface area (Å²) in [6.07, 6.45) is 0.247. The van der Waals surface area contributed by atoms with E-state index in [0.29, 0.717) is 6.04 Å². The van der Waals surface area contributed by atoms with E-state index in [1.165, 1.54) is 0 Å². The standard InChI is InChI=1S/C13H17N3O/c1-9-10(2)17-8-7-16(9)13-14-11-5-3-4-6-12(11)15-13/h3-6,9-10H,7-8H2,1-2H3,(H,14,15). The molecule has 1 aromatic carbocycles. The molecule has 90 valence electrons. The number of benzene rings is 1. The van der Waals surface area contributed by atoms with Gasteiger partial charge >= 0.3 is 0 Å². The van der Waals surface area contributed by atoms with Crippen molar-refractivity contribution in [3.05, 3.63) is 24.3 Å². The van der Waals surface area contributed by atoms with Crippen molar-refractivity contribution in [2.24, 2.45) is 0 Å². The number of imidazole rings is 1. The summed E-state index contributed by atoms with van der Waals surface area (Å²) in [5.74, 6) is 0.953. The van der Waals surface area contributed by atoms with Crippen LogP contribution in [0.2, 0.25) is 0 Å². The van der Waals surface area contributed by atoms with Crippen molar-refractivity contribution in [2.75, 3.05) is 18.1 Å². The van der Waals surface area contributed by atoms with Crippen molar-refractivity contribution < 1.29 is 4.74 Å². The molecule has 2 heterocycles. The van der Waals surface area contributed by atoms with Crippen LogP contribution in [-0.2, 0) is 4.74 Å². The summed E-state index contributed by atoms with van der Waals surface area (Å²) in [5, 5.41) is 0. The van der Waals surface area contributed by atoms with Gasteiger partial charge in [-0.05, 0) is 26.0 Å². The van der Waals surface area contributed by atoms with E-state index in [2.05, 4.69) is 34.8 Å². The molecule has 3 rings (SSSR count). The Morgan fingerprint density at radius 1 is 1.35 bits per heavy atom. The van der Waals surface area contributed by atoms with Crippen molar-refractivity contribution in [3.63, 3.8) is 0 Å². The van der Waals surface area contributed by atoms with Gasteiger partial charge in [0, 0.05) is 6.54 Å². The molecular formula is C13H17N3O. The minimum atomic E-state index is 0.247. The Balaban J connectivity index is 1.97. The number of ether oxygens (including phenoxy) is 1. The fourth-order valence-electron chi connectivity index (χ4n) is 2.31. The number of morpholine rings is 1. The lowest BCUT2D eigenvalue weighted by Crippen LogP contribution is -2.49. The highest BCUT2D eigenvalue weighted by Gasteiger charge is 2.27. The highest BCUT2D eigenvalue weighted by Crippen LogP contribution is 2.22. The summed E-state index contributed by atoms with van der Waals surface area (Å²) in [7, 11) is 0. The van der Waals surface area contributed by atoms with Gasteiger partial charge in [0.1, 0.15) is 0 Å². The molecule has 0 bridgehead atoms. The fraction of sp³-hybridized carbons (Fsp3) is 0.462. The molecule has 1 fully saturated rings. The smallest absolute Gasteiger partial charge is 0.204 e. The monoisotopic (exact) mass is 231 g/mol. The quantitative estimate of drug-likeness (QED) is 0.817. The van der Waals surface area contributed by atoms with E-state index < -0.39 is 0 Å². The van der Waals surface area contributed by atoms with Gasteiger partial charge in [-0.1, -0.05) is 12.1 Å². The van der Waals surface area contributed by atoms with Gasteiger partial charge in [-0.3, -0.25) is 0 Å². The lowest BCUT2D eigenvalue weighted by atomic mass is 10.1. The molecule has 2 atom stereocenters. The number of aromatic amines is 1. The first-order valence-electron chi connectivity index (χ1n) is 6.09. The number of aromatic nitrogens is 2. The molecule has 0 radical (unpaired) electrons. The van der Waals surface area contributed by atoms with Gasteiger partial charge in [-0.2, -0.15) is 0 Å². The maximum atomic E-state index is 5.63. The third-order valence-electron chi connectivity index (χ3n) is 3.53. The number of nitrogens with one attached hydrogen (secondary N) is 1. The second-order valence-corrected chi connectivity index (χ2v) is 4.59. The molecule has 17 heavy (non-hydrogen) atoms. The van der Waals surface area contributed by atoms with Crippen molar-refractivity contribution in [2.45, 2.75) is 26.0 Å². The summed E-state index contributed by atoms with van der Waals surface area (Å²) in [6, 6.07) is 8.47. The highest BCUT2D eigenvalue weighted by atomic mass is 16.5. The van der Waals surface area contributed by atoms with E-state index in [9.17, 15) is 0 Å². The number of fused-ring (bicyclic) bond motifs is 1. The van der Waals surface area contributed by atoms with Crippen LogP contribution in [-0.4, -0.2) is 35.3 Å². The Morgan fingerprint density at radius 2 is 2.18 bits per heavy atom. The van der Waals surface area contributed by atoms with Crippen molar-refractivity contribution in [1.82, 2.24) is 9.97 Å². The Kier molecular flexibility index (Phi) is 2.52. The number of para-hydroxylation sites is 2. The topological polar surface area (TPSA) is 41.1 Å². The van der Waals surface area contributed by atoms with E-state index in [4.69, 9.17) is 4.74 Å². The molecule has 0 amide bonds. The maximum absolute atomic E-state index is 5.63. The Morgan fingerprint density at radius 3 is 3.00 bits per heavy atom. The van der Waals surface area contributed by atoms with Crippen LogP contribution in [0.5, 0.6) is 0 Å². The maximum Gasteiger partial charge on any atom is 0.204 e. The average molecular weight is 231 g/mol. The normalized spacial score (nSPS) is 25.4. The van der Waals surface area contributed by atoms with Gasteiger partial charge in [0.05, 0.1) is 29.8 Å². The minimum Gasteiger partial charge on any atom is -0.375 e. The van der Waals surface area contributed by atoms with Gasteiger partial charge in [0.2, 0.25) is 5.95 Å². The Hall–Kier alpha value is -1.55. The predicted molar refractivity (Wildman–Crippen MR) is 68.3 cm³/mol. The van der Waals surface area contributed by atoms with E-state index in [-0.39, 0.29) is 6.10 Å². The first-order chi connectivity index (χ1) is 8.25. The van der Waals surface area contributed by atoms with Crippen LogP contribution in [0, 0.1) is 0 Å². The summed E-state index contributed by atoms with van der Waals surface area (Å²) < 4.78 is 5.63. The van der Waals surface area contributed by atoms with Crippen LogP contribution in [0.3, 0.4) is 0 Å².